The zero-order chi connectivity index (χ0) is 17.6. The average Bonchev–Trinajstić information content (AvgIpc) is 3.14. The molecule has 0 aliphatic heterocycles. The number of ether oxygens (including phenoxy) is 1. The van der Waals surface area contributed by atoms with Crippen LogP contribution in [0.15, 0.2) is 63.8 Å². The lowest BCUT2D eigenvalue weighted by Crippen LogP contribution is -1.96. The highest BCUT2D eigenvalue weighted by atomic mass is 79.9. The summed E-state index contributed by atoms with van der Waals surface area (Å²) < 4.78 is 6.85. The van der Waals surface area contributed by atoms with Crippen LogP contribution < -0.4 is 4.74 Å². The first-order chi connectivity index (χ1) is 12.2. The number of halogens is 1. The first-order valence-electron chi connectivity index (χ1n) is 7.98. The zero-order valence-electron chi connectivity index (χ0n) is 13.9. The molecule has 4 heteroatoms. The smallest absolute Gasteiger partial charge is 0.120 e. The van der Waals surface area contributed by atoms with Crippen LogP contribution in [0.3, 0.4) is 0 Å². The summed E-state index contributed by atoms with van der Waals surface area (Å²) in [6, 6.07) is 16.0. The molecule has 1 heterocycles. The van der Waals surface area contributed by atoms with E-state index >= 15 is 0 Å². The first kappa shape index (κ1) is 17.9. The van der Waals surface area contributed by atoms with Gasteiger partial charge >= 0.3 is 0 Å². The zero-order valence-corrected chi connectivity index (χ0v) is 16.3. The third-order valence-electron chi connectivity index (χ3n) is 3.94. The molecule has 0 saturated carbocycles. The van der Waals surface area contributed by atoms with E-state index in [9.17, 15) is 5.11 Å². The van der Waals surface area contributed by atoms with Crippen LogP contribution in [0.5, 0.6) is 5.75 Å². The fourth-order valence-corrected chi connectivity index (χ4v) is 3.61. The van der Waals surface area contributed by atoms with E-state index in [2.05, 4.69) is 27.4 Å². The van der Waals surface area contributed by atoms with Crippen LogP contribution in [-0.2, 0) is 6.61 Å². The van der Waals surface area contributed by atoms with E-state index in [4.69, 9.17) is 4.74 Å². The van der Waals surface area contributed by atoms with Gasteiger partial charge in [0.1, 0.15) is 12.4 Å². The van der Waals surface area contributed by atoms with Crippen molar-refractivity contribution in [3.05, 3.63) is 86.0 Å². The fourth-order valence-electron chi connectivity index (χ4n) is 2.59. The largest absolute Gasteiger partial charge is 0.489 e. The number of rotatable bonds is 6. The van der Waals surface area contributed by atoms with Crippen LogP contribution in [0.25, 0.3) is 11.6 Å². The Morgan fingerprint density at radius 1 is 1.20 bits per heavy atom. The van der Waals surface area contributed by atoms with Crippen molar-refractivity contribution in [1.82, 2.24) is 0 Å². The van der Waals surface area contributed by atoms with E-state index in [1.54, 1.807) is 11.3 Å². The van der Waals surface area contributed by atoms with Gasteiger partial charge in [-0.25, -0.2) is 0 Å². The fraction of sp³-hybridized carbons (Fsp3) is 0.143. The molecule has 0 aliphatic rings. The maximum absolute atomic E-state index is 9.84. The van der Waals surface area contributed by atoms with Crippen molar-refractivity contribution in [2.24, 2.45) is 0 Å². The van der Waals surface area contributed by atoms with Crippen LogP contribution >= 0.6 is 27.3 Å². The summed E-state index contributed by atoms with van der Waals surface area (Å²) in [5.74, 6) is 0.808. The van der Waals surface area contributed by atoms with E-state index < -0.39 is 0 Å². The molecule has 0 aliphatic carbocycles. The van der Waals surface area contributed by atoms with Gasteiger partial charge in [-0.15, -0.1) is 0 Å². The standard InChI is InChI=1S/C21H19BrO2S/c1-15-4-2-3-5-20(15)18(12-23)10-17-11-19(6-7-21(17)22)24-13-16-8-9-25-14-16/h2-11,14,23H,12-13H2,1H3/b18-10-. The summed E-state index contributed by atoms with van der Waals surface area (Å²) in [4.78, 5) is 0. The molecule has 1 N–H and O–H groups in total. The Balaban J connectivity index is 1.87. The maximum atomic E-state index is 9.84. The van der Waals surface area contributed by atoms with Crippen LogP contribution in [-0.4, -0.2) is 11.7 Å². The van der Waals surface area contributed by atoms with Crippen molar-refractivity contribution < 1.29 is 9.84 Å². The monoisotopic (exact) mass is 414 g/mol. The molecular weight excluding hydrogens is 396 g/mol. The normalized spacial score (nSPS) is 11.6. The van der Waals surface area contributed by atoms with E-state index in [-0.39, 0.29) is 6.61 Å². The average molecular weight is 415 g/mol. The molecule has 2 aromatic carbocycles. The topological polar surface area (TPSA) is 29.5 Å². The number of benzene rings is 2. The molecular formula is C21H19BrO2S. The molecule has 2 nitrogen and oxygen atoms in total. The van der Waals surface area contributed by atoms with Gasteiger partial charge in [0.25, 0.3) is 0 Å². The third-order valence-corrected chi connectivity index (χ3v) is 5.40. The molecule has 3 rings (SSSR count). The highest BCUT2D eigenvalue weighted by Gasteiger charge is 2.07. The van der Waals surface area contributed by atoms with Gasteiger partial charge in [-0.2, -0.15) is 11.3 Å². The Labute approximate surface area is 160 Å². The SMILES string of the molecule is Cc1ccccc1/C(=C\c1cc(OCc2ccsc2)ccc1Br)CO. The predicted molar refractivity (Wildman–Crippen MR) is 109 cm³/mol. The number of hydrogen-bond acceptors (Lipinski definition) is 3. The van der Waals surface area contributed by atoms with E-state index in [0.29, 0.717) is 6.61 Å². The Kier molecular flexibility index (Phi) is 6.08. The van der Waals surface area contributed by atoms with Gasteiger partial charge in [0.15, 0.2) is 0 Å². The van der Waals surface area contributed by atoms with Gasteiger partial charge < -0.3 is 9.84 Å². The Morgan fingerprint density at radius 3 is 2.76 bits per heavy atom. The summed E-state index contributed by atoms with van der Waals surface area (Å²) in [5.41, 5.74) is 5.23. The first-order valence-corrected chi connectivity index (χ1v) is 9.72. The minimum absolute atomic E-state index is 0.0166. The van der Waals surface area contributed by atoms with Crippen molar-refractivity contribution >= 4 is 38.9 Å². The van der Waals surface area contributed by atoms with Gasteiger partial charge in [0, 0.05) is 4.47 Å². The molecule has 0 unspecified atom stereocenters. The second kappa shape index (κ2) is 8.48. The summed E-state index contributed by atoms with van der Waals surface area (Å²) in [5, 5.41) is 14.0. The van der Waals surface area contributed by atoms with Gasteiger partial charge in [0.05, 0.1) is 6.61 Å². The quantitative estimate of drug-likeness (QED) is 0.506. The van der Waals surface area contributed by atoms with Gasteiger partial charge in [0.2, 0.25) is 0 Å². The Morgan fingerprint density at radius 2 is 2.04 bits per heavy atom. The predicted octanol–water partition coefficient (Wildman–Crippen LogP) is 5.93. The van der Waals surface area contributed by atoms with E-state index in [1.165, 1.54) is 5.56 Å². The second-order valence-electron chi connectivity index (χ2n) is 5.75. The highest BCUT2D eigenvalue weighted by molar-refractivity contribution is 9.10. The van der Waals surface area contributed by atoms with Gasteiger partial charge in [-0.3, -0.25) is 0 Å². The lowest BCUT2D eigenvalue weighted by molar-refractivity contribution is 0.306. The molecule has 3 aromatic rings. The molecule has 25 heavy (non-hydrogen) atoms. The molecule has 0 atom stereocenters. The maximum Gasteiger partial charge on any atom is 0.120 e. The Hall–Kier alpha value is -1.88. The van der Waals surface area contributed by atoms with Crippen LogP contribution in [0.4, 0.5) is 0 Å². The number of hydrogen-bond donors (Lipinski definition) is 1. The van der Waals surface area contributed by atoms with Gasteiger partial charge in [-0.05, 0) is 75.9 Å². The molecule has 1 aromatic heterocycles. The lowest BCUT2D eigenvalue weighted by atomic mass is 9.99. The molecule has 0 saturated heterocycles. The summed E-state index contributed by atoms with van der Waals surface area (Å²) in [6.45, 7) is 2.59. The van der Waals surface area contributed by atoms with Crippen LogP contribution in [0, 0.1) is 6.92 Å². The minimum Gasteiger partial charge on any atom is -0.489 e. The minimum atomic E-state index is -0.0166. The number of thiophene rings is 1. The van der Waals surface area contributed by atoms with Gasteiger partial charge in [-0.1, -0.05) is 40.2 Å². The Bertz CT molecular complexity index is 869. The van der Waals surface area contributed by atoms with Crippen molar-refractivity contribution in [2.45, 2.75) is 13.5 Å². The van der Waals surface area contributed by atoms with Crippen molar-refractivity contribution in [3.8, 4) is 5.75 Å². The number of aryl methyl sites for hydroxylation is 1. The number of aliphatic hydroxyl groups excluding tert-OH is 1. The second-order valence-corrected chi connectivity index (χ2v) is 7.38. The number of aliphatic hydroxyl groups is 1. The molecule has 0 amide bonds. The van der Waals surface area contributed by atoms with Crippen molar-refractivity contribution in [2.75, 3.05) is 6.61 Å². The molecule has 0 fully saturated rings. The summed E-state index contributed by atoms with van der Waals surface area (Å²) >= 11 is 5.25. The molecule has 0 radical (unpaired) electrons. The molecule has 128 valence electrons. The third kappa shape index (κ3) is 4.60. The summed E-state index contributed by atoms with van der Waals surface area (Å²) in [6.07, 6.45) is 2.00. The van der Waals surface area contributed by atoms with E-state index in [1.807, 2.05) is 60.8 Å². The van der Waals surface area contributed by atoms with Crippen molar-refractivity contribution in [1.29, 1.82) is 0 Å². The van der Waals surface area contributed by atoms with Crippen LogP contribution in [0.2, 0.25) is 0 Å². The van der Waals surface area contributed by atoms with E-state index in [0.717, 1.165) is 32.5 Å². The molecule has 0 spiro atoms. The summed E-state index contributed by atoms with van der Waals surface area (Å²) in [7, 11) is 0. The van der Waals surface area contributed by atoms with Crippen molar-refractivity contribution in [3.63, 3.8) is 0 Å². The molecule has 0 bridgehead atoms. The van der Waals surface area contributed by atoms with Crippen LogP contribution in [0.1, 0.15) is 22.3 Å². The highest BCUT2D eigenvalue weighted by Crippen LogP contribution is 2.28. The lowest BCUT2D eigenvalue weighted by Gasteiger charge is -2.11.